The van der Waals surface area contributed by atoms with Gasteiger partial charge in [0.25, 0.3) is 15.9 Å². The predicted molar refractivity (Wildman–Crippen MR) is 121 cm³/mol. The fourth-order valence-corrected chi connectivity index (χ4v) is 4.03. The first-order valence-electron chi connectivity index (χ1n) is 9.57. The lowest BCUT2D eigenvalue weighted by atomic mass is 10.2. The van der Waals surface area contributed by atoms with Crippen LogP contribution in [0, 0.1) is 0 Å². The summed E-state index contributed by atoms with van der Waals surface area (Å²) in [5.74, 6) is 0.488. The molecule has 4 N–H and O–H groups in total. The summed E-state index contributed by atoms with van der Waals surface area (Å²) in [6.45, 7) is 0. The molecule has 0 aliphatic rings. The number of rotatable bonds is 8. The molecule has 0 aliphatic heterocycles. The van der Waals surface area contributed by atoms with Crippen LogP contribution in [0.25, 0.3) is 5.82 Å². The van der Waals surface area contributed by atoms with E-state index in [0.29, 0.717) is 23.0 Å². The van der Waals surface area contributed by atoms with Crippen molar-refractivity contribution in [2.75, 3.05) is 17.1 Å². The van der Waals surface area contributed by atoms with E-state index in [0.717, 1.165) is 0 Å². The molecule has 0 fully saturated rings. The molecule has 2 aromatic heterocycles. The monoisotopic (exact) mass is 465 g/mol. The zero-order chi connectivity index (χ0) is 23.4. The van der Waals surface area contributed by atoms with Crippen LogP contribution in [0.4, 0.5) is 17.2 Å². The van der Waals surface area contributed by atoms with Crippen LogP contribution in [-0.4, -0.2) is 41.4 Å². The number of nitrogens with zero attached hydrogens (tertiary/aromatic N) is 4. The maximum absolute atomic E-state index is 12.7. The van der Waals surface area contributed by atoms with Gasteiger partial charge in [-0.3, -0.25) is 9.52 Å². The highest BCUT2D eigenvalue weighted by Crippen LogP contribution is 2.25. The Labute approximate surface area is 189 Å². The Bertz CT molecular complexity index is 1370. The van der Waals surface area contributed by atoms with E-state index in [1.54, 1.807) is 59.5 Å². The highest BCUT2D eigenvalue weighted by Gasteiger charge is 2.19. The molecule has 0 aliphatic carbocycles. The van der Waals surface area contributed by atoms with Gasteiger partial charge in [-0.1, -0.05) is 0 Å². The lowest BCUT2D eigenvalue weighted by molar-refractivity contribution is 0.0997. The van der Waals surface area contributed by atoms with Crippen LogP contribution in [0.3, 0.4) is 0 Å². The molecule has 0 saturated heterocycles. The van der Waals surface area contributed by atoms with E-state index in [4.69, 9.17) is 10.5 Å². The summed E-state index contributed by atoms with van der Waals surface area (Å²) in [6, 6.07) is 15.7. The van der Waals surface area contributed by atoms with Gasteiger partial charge in [-0.05, 0) is 60.7 Å². The van der Waals surface area contributed by atoms with Crippen molar-refractivity contribution >= 4 is 33.1 Å². The van der Waals surface area contributed by atoms with Gasteiger partial charge in [0.05, 0.1) is 17.6 Å². The zero-order valence-corrected chi connectivity index (χ0v) is 18.2. The minimum absolute atomic E-state index is 0.0281. The summed E-state index contributed by atoms with van der Waals surface area (Å²) in [6.07, 6.45) is 3.41. The summed E-state index contributed by atoms with van der Waals surface area (Å²) in [4.78, 5) is 11.5. The number of benzene rings is 2. The van der Waals surface area contributed by atoms with Gasteiger partial charge in [-0.25, -0.2) is 13.1 Å². The smallest absolute Gasteiger partial charge is 0.261 e. The van der Waals surface area contributed by atoms with Gasteiger partial charge in [-0.15, -0.1) is 10.2 Å². The van der Waals surface area contributed by atoms with Gasteiger partial charge in [0.2, 0.25) is 0 Å². The Balaban J connectivity index is 1.46. The van der Waals surface area contributed by atoms with Crippen LogP contribution in [-0.2, 0) is 10.0 Å². The van der Waals surface area contributed by atoms with Crippen LogP contribution in [0.2, 0.25) is 0 Å². The van der Waals surface area contributed by atoms with Crippen LogP contribution >= 0.6 is 0 Å². The maximum atomic E-state index is 12.7. The second kappa shape index (κ2) is 8.96. The van der Waals surface area contributed by atoms with E-state index >= 15 is 0 Å². The standard InChI is InChI=1S/C21H19N7O4S/c1-32-18-8-7-16(13-17(18)21(22)29)33(30,31)27-15-5-3-14(4-6-15)24-19-9-10-20(26-25-19)28-12-2-11-23-28/h2-13,27H,1H3,(H2,22,29)(H,24,25). The molecule has 0 bridgehead atoms. The number of amides is 1. The van der Waals surface area contributed by atoms with Crippen molar-refractivity contribution in [1.29, 1.82) is 0 Å². The van der Waals surface area contributed by atoms with Gasteiger partial charge in [-0.2, -0.15) is 5.10 Å². The van der Waals surface area contributed by atoms with Gasteiger partial charge >= 0.3 is 0 Å². The third-order valence-corrected chi connectivity index (χ3v) is 5.92. The van der Waals surface area contributed by atoms with Crippen LogP contribution in [0.1, 0.15) is 10.4 Å². The van der Waals surface area contributed by atoms with E-state index in [-0.39, 0.29) is 16.2 Å². The largest absolute Gasteiger partial charge is 0.496 e. The molecule has 12 heteroatoms. The predicted octanol–water partition coefficient (Wildman–Crippen LogP) is 2.31. The number of methoxy groups -OCH3 is 1. The normalized spacial score (nSPS) is 11.1. The SMILES string of the molecule is COc1ccc(S(=O)(=O)Nc2ccc(Nc3ccc(-n4cccn4)nn3)cc2)cc1C(N)=O. The molecular formula is C21H19N7O4S. The third-order valence-electron chi connectivity index (χ3n) is 4.55. The van der Waals surface area contributed by atoms with Gasteiger partial charge in [0.15, 0.2) is 11.6 Å². The number of hydrogen-bond donors (Lipinski definition) is 3. The molecule has 4 rings (SSSR count). The summed E-state index contributed by atoms with van der Waals surface area (Å²) >= 11 is 0. The minimum Gasteiger partial charge on any atom is -0.496 e. The fourth-order valence-electron chi connectivity index (χ4n) is 2.95. The molecule has 0 radical (unpaired) electrons. The third kappa shape index (κ3) is 4.91. The highest BCUT2D eigenvalue weighted by molar-refractivity contribution is 7.92. The average molecular weight is 465 g/mol. The topological polar surface area (TPSA) is 154 Å². The van der Waals surface area contributed by atoms with Crippen molar-refractivity contribution in [1.82, 2.24) is 20.0 Å². The maximum Gasteiger partial charge on any atom is 0.261 e. The molecule has 0 unspecified atom stereocenters. The Kier molecular flexibility index (Phi) is 5.91. The number of carbonyl (C=O) groups is 1. The van der Waals surface area contributed by atoms with E-state index in [9.17, 15) is 13.2 Å². The summed E-state index contributed by atoms with van der Waals surface area (Å²) in [5.41, 5.74) is 6.30. The van der Waals surface area contributed by atoms with Crippen molar-refractivity contribution in [3.05, 3.63) is 78.6 Å². The molecule has 1 amide bonds. The molecule has 33 heavy (non-hydrogen) atoms. The van der Waals surface area contributed by atoms with Crippen LogP contribution in [0.5, 0.6) is 5.75 Å². The van der Waals surface area contributed by atoms with Gasteiger partial charge < -0.3 is 15.8 Å². The number of anilines is 3. The number of primary amides is 1. The Morgan fingerprint density at radius 3 is 2.39 bits per heavy atom. The average Bonchev–Trinajstić information content (AvgIpc) is 3.35. The molecular weight excluding hydrogens is 446 g/mol. The number of aromatic nitrogens is 4. The second-order valence-corrected chi connectivity index (χ2v) is 8.44. The second-order valence-electron chi connectivity index (χ2n) is 6.76. The van der Waals surface area contributed by atoms with Crippen molar-refractivity contribution in [3.8, 4) is 11.6 Å². The van der Waals surface area contributed by atoms with Crippen molar-refractivity contribution in [2.24, 2.45) is 5.73 Å². The molecule has 2 heterocycles. The van der Waals surface area contributed by atoms with Gasteiger partial charge in [0, 0.05) is 23.8 Å². The first-order valence-corrected chi connectivity index (χ1v) is 11.1. The molecule has 2 aromatic carbocycles. The van der Waals surface area contributed by atoms with Crippen molar-refractivity contribution in [2.45, 2.75) is 4.90 Å². The molecule has 4 aromatic rings. The summed E-state index contributed by atoms with van der Waals surface area (Å²) in [5, 5.41) is 15.4. The molecule has 0 saturated carbocycles. The molecule has 0 spiro atoms. The fraction of sp³-hybridized carbons (Fsp3) is 0.0476. The molecule has 11 nitrogen and oxygen atoms in total. The molecule has 0 atom stereocenters. The molecule has 168 valence electrons. The van der Waals surface area contributed by atoms with E-state index in [2.05, 4.69) is 25.3 Å². The number of hydrogen-bond acceptors (Lipinski definition) is 8. The van der Waals surface area contributed by atoms with Crippen LogP contribution < -0.4 is 20.5 Å². The summed E-state index contributed by atoms with van der Waals surface area (Å²) in [7, 11) is -2.59. The highest BCUT2D eigenvalue weighted by atomic mass is 32.2. The minimum atomic E-state index is -3.96. The van der Waals surface area contributed by atoms with Crippen LogP contribution in [0.15, 0.2) is 78.0 Å². The van der Waals surface area contributed by atoms with Crippen molar-refractivity contribution in [3.63, 3.8) is 0 Å². The van der Waals surface area contributed by atoms with Gasteiger partial charge in [0.1, 0.15) is 5.75 Å². The quantitative estimate of drug-likeness (QED) is 0.358. The summed E-state index contributed by atoms with van der Waals surface area (Å²) < 4.78 is 34.6. The Morgan fingerprint density at radius 1 is 1.03 bits per heavy atom. The van der Waals surface area contributed by atoms with E-state index < -0.39 is 15.9 Å². The lowest BCUT2D eigenvalue weighted by Crippen LogP contribution is -2.16. The van der Waals surface area contributed by atoms with E-state index in [1.165, 1.54) is 25.3 Å². The first-order chi connectivity index (χ1) is 15.9. The van der Waals surface area contributed by atoms with E-state index in [1.807, 2.05) is 0 Å². The zero-order valence-electron chi connectivity index (χ0n) is 17.3. The number of sulfonamides is 1. The number of carbonyl (C=O) groups excluding carboxylic acids is 1. The Morgan fingerprint density at radius 2 is 1.79 bits per heavy atom. The lowest BCUT2D eigenvalue weighted by Gasteiger charge is -2.12. The number of ether oxygens (including phenoxy) is 1. The number of nitrogens with one attached hydrogen (secondary N) is 2. The number of nitrogens with two attached hydrogens (primary N) is 1. The van der Waals surface area contributed by atoms with Crippen molar-refractivity contribution < 1.29 is 17.9 Å². The Hall–Kier alpha value is -4.45. The first kappa shape index (κ1) is 21.8.